The third-order valence-electron chi connectivity index (χ3n) is 2.42. The van der Waals surface area contributed by atoms with Gasteiger partial charge in [-0.25, -0.2) is 5.06 Å². The Labute approximate surface area is 70.4 Å². The van der Waals surface area contributed by atoms with Gasteiger partial charge in [0.15, 0.2) is 0 Å². The SMILES string of the molecule is O=C1C=CC2(CCCOC2)N1O. The van der Waals surface area contributed by atoms with Crippen LogP contribution in [0.3, 0.4) is 0 Å². The van der Waals surface area contributed by atoms with E-state index in [0.717, 1.165) is 24.5 Å². The van der Waals surface area contributed by atoms with Crippen LogP contribution in [0.15, 0.2) is 12.2 Å². The normalized spacial score (nSPS) is 35.1. The zero-order valence-electron chi connectivity index (χ0n) is 6.69. The van der Waals surface area contributed by atoms with E-state index < -0.39 is 5.54 Å². The van der Waals surface area contributed by atoms with Crippen molar-refractivity contribution in [3.63, 3.8) is 0 Å². The molecule has 0 aromatic heterocycles. The van der Waals surface area contributed by atoms with Gasteiger partial charge in [-0.2, -0.15) is 0 Å². The fourth-order valence-electron chi connectivity index (χ4n) is 1.69. The second-order valence-corrected chi connectivity index (χ2v) is 3.24. The van der Waals surface area contributed by atoms with E-state index in [-0.39, 0.29) is 5.91 Å². The van der Waals surface area contributed by atoms with E-state index >= 15 is 0 Å². The lowest BCUT2D eigenvalue weighted by Crippen LogP contribution is -2.49. The summed E-state index contributed by atoms with van der Waals surface area (Å²) < 4.78 is 5.22. The first-order valence-corrected chi connectivity index (χ1v) is 4.05. The lowest BCUT2D eigenvalue weighted by molar-refractivity contribution is -0.191. The van der Waals surface area contributed by atoms with Gasteiger partial charge >= 0.3 is 0 Å². The maximum absolute atomic E-state index is 11.0. The highest BCUT2D eigenvalue weighted by molar-refractivity contribution is 5.90. The Morgan fingerprint density at radius 1 is 1.67 bits per heavy atom. The highest BCUT2D eigenvalue weighted by Gasteiger charge is 2.42. The fourth-order valence-corrected chi connectivity index (χ4v) is 1.69. The molecule has 2 aliphatic rings. The highest BCUT2D eigenvalue weighted by atomic mass is 16.5. The minimum absolute atomic E-state index is 0.347. The van der Waals surface area contributed by atoms with Crippen molar-refractivity contribution >= 4 is 5.91 Å². The molecule has 1 saturated heterocycles. The molecule has 1 N–H and O–H groups in total. The Kier molecular flexibility index (Phi) is 1.66. The number of hydrogen-bond donors (Lipinski definition) is 1. The van der Waals surface area contributed by atoms with E-state index in [4.69, 9.17) is 4.74 Å². The molecule has 2 rings (SSSR count). The Bertz CT molecular complexity index is 230. The van der Waals surface area contributed by atoms with Gasteiger partial charge in [0, 0.05) is 12.7 Å². The first kappa shape index (κ1) is 7.76. The lowest BCUT2D eigenvalue weighted by Gasteiger charge is -2.36. The van der Waals surface area contributed by atoms with Gasteiger partial charge in [-0.1, -0.05) is 0 Å². The summed E-state index contributed by atoms with van der Waals surface area (Å²) >= 11 is 0. The Hall–Kier alpha value is -0.870. The zero-order chi connectivity index (χ0) is 8.60. The molecule has 0 saturated carbocycles. The van der Waals surface area contributed by atoms with E-state index in [9.17, 15) is 10.0 Å². The summed E-state index contributed by atoms with van der Waals surface area (Å²) in [5, 5.41) is 10.2. The number of hydroxylamine groups is 2. The predicted octanol–water partition coefficient (Wildman–Crippen LogP) is 0.323. The van der Waals surface area contributed by atoms with Crippen LogP contribution < -0.4 is 0 Å². The standard InChI is InChI=1S/C8H11NO3/c10-7-2-4-8(9(7)11)3-1-5-12-6-8/h2,4,11H,1,3,5-6H2. The molecule has 1 fully saturated rings. The molecule has 2 heterocycles. The third-order valence-corrected chi connectivity index (χ3v) is 2.42. The molecule has 0 aromatic rings. The van der Waals surface area contributed by atoms with Crippen LogP contribution in [0, 0.1) is 0 Å². The monoisotopic (exact) mass is 169 g/mol. The summed E-state index contributed by atoms with van der Waals surface area (Å²) in [4.78, 5) is 11.0. The van der Waals surface area contributed by atoms with Gasteiger partial charge in [0.1, 0.15) is 5.54 Å². The highest BCUT2D eigenvalue weighted by Crippen LogP contribution is 2.30. The Morgan fingerprint density at radius 2 is 2.50 bits per heavy atom. The zero-order valence-corrected chi connectivity index (χ0v) is 6.69. The smallest absolute Gasteiger partial charge is 0.270 e. The van der Waals surface area contributed by atoms with Crippen LogP contribution in [-0.4, -0.2) is 34.9 Å². The molecule has 1 unspecified atom stereocenters. The average molecular weight is 169 g/mol. The molecule has 1 spiro atoms. The molecule has 1 atom stereocenters. The van der Waals surface area contributed by atoms with Gasteiger partial charge in [0.25, 0.3) is 5.91 Å². The molecular weight excluding hydrogens is 158 g/mol. The van der Waals surface area contributed by atoms with E-state index in [1.165, 1.54) is 6.08 Å². The van der Waals surface area contributed by atoms with Crippen molar-refractivity contribution in [2.75, 3.05) is 13.2 Å². The minimum atomic E-state index is -0.560. The molecule has 0 radical (unpaired) electrons. The van der Waals surface area contributed by atoms with Gasteiger partial charge in [-0.05, 0) is 18.9 Å². The molecule has 1 amide bonds. The average Bonchev–Trinajstić information content (AvgIpc) is 2.37. The summed E-state index contributed by atoms with van der Waals surface area (Å²) in [6, 6.07) is 0. The number of carbonyl (C=O) groups is 1. The van der Waals surface area contributed by atoms with E-state index in [1.807, 2.05) is 0 Å². The quantitative estimate of drug-likeness (QED) is 0.531. The van der Waals surface area contributed by atoms with Crippen LogP contribution in [0.4, 0.5) is 0 Å². The predicted molar refractivity (Wildman–Crippen MR) is 40.6 cm³/mol. The van der Waals surface area contributed by atoms with Gasteiger partial charge in [-0.15, -0.1) is 0 Å². The Balaban J connectivity index is 2.20. The van der Waals surface area contributed by atoms with Crippen molar-refractivity contribution in [2.45, 2.75) is 18.4 Å². The molecule has 12 heavy (non-hydrogen) atoms. The van der Waals surface area contributed by atoms with Gasteiger partial charge in [0.2, 0.25) is 0 Å². The number of ether oxygens (including phenoxy) is 1. The number of nitrogens with zero attached hydrogens (tertiary/aromatic N) is 1. The maximum Gasteiger partial charge on any atom is 0.270 e. The van der Waals surface area contributed by atoms with Crippen molar-refractivity contribution in [1.29, 1.82) is 0 Å². The van der Waals surface area contributed by atoms with E-state index in [0.29, 0.717) is 6.61 Å². The summed E-state index contributed by atoms with van der Waals surface area (Å²) in [5.74, 6) is -0.347. The second kappa shape index (κ2) is 2.57. The van der Waals surface area contributed by atoms with Crippen LogP contribution in [0.5, 0.6) is 0 Å². The topological polar surface area (TPSA) is 49.8 Å². The largest absolute Gasteiger partial charge is 0.379 e. The number of amides is 1. The van der Waals surface area contributed by atoms with Crippen LogP contribution >= 0.6 is 0 Å². The summed E-state index contributed by atoms with van der Waals surface area (Å²) in [6.45, 7) is 1.13. The summed E-state index contributed by atoms with van der Waals surface area (Å²) in [7, 11) is 0. The van der Waals surface area contributed by atoms with E-state index in [2.05, 4.69) is 0 Å². The molecule has 66 valence electrons. The molecule has 0 bridgehead atoms. The fraction of sp³-hybridized carbons (Fsp3) is 0.625. The van der Waals surface area contributed by atoms with Crippen molar-refractivity contribution in [3.05, 3.63) is 12.2 Å². The summed E-state index contributed by atoms with van der Waals surface area (Å²) in [5.41, 5.74) is -0.560. The van der Waals surface area contributed by atoms with Crippen LogP contribution in [0.25, 0.3) is 0 Å². The Morgan fingerprint density at radius 3 is 3.00 bits per heavy atom. The third kappa shape index (κ3) is 0.956. The number of hydrogen-bond acceptors (Lipinski definition) is 3. The molecule has 2 aliphatic heterocycles. The molecule has 4 nitrogen and oxygen atoms in total. The number of rotatable bonds is 0. The summed E-state index contributed by atoms with van der Waals surface area (Å²) in [6.07, 6.45) is 4.80. The second-order valence-electron chi connectivity index (χ2n) is 3.24. The van der Waals surface area contributed by atoms with Gasteiger partial charge in [-0.3, -0.25) is 10.0 Å². The molecule has 0 aliphatic carbocycles. The van der Waals surface area contributed by atoms with Gasteiger partial charge < -0.3 is 4.74 Å². The molecule has 0 aromatic carbocycles. The van der Waals surface area contributed by atoms with E-state index in [1.54, 1.807) is 6.08 Å². The van der Waals surface area contributed by atoms with Crippen molar-refractivity contribution in [1.82, 2.24) is 5.06 Å². The number of carbonyl (C=O) groups excluding carboxylic acids is 1. The van der Waals surface area contributed by atoms with Gasteiger partial charge in [0.05, 0.1) is 6.61 Å². The van der Waals surface area contributed by atoms with Crippen molar-refractivity contribution in [3.8, 4) is 0 Å². The molecular formula is C8H11NO3. The molecule has 4 heteroatoms. The van der Waals surface area contributed by atoms with Crippen LogP contribution in [0.2, 0.25) is 0 Å². The first-order valence-electron chi connectivity index (χ1n) is 4.05. The minimum Gasteiger partial charge on any atom is -0.379 e. The first-order chi connectivity index (χ1) is 5.75. The lowest BCUT2D eigenvalue weighted by atomic mass is 9.94. The van der Waals surface area contributed by atoms with Crippen molar-refractivity contribution < 1.29 is 14.7 Å². The van der Waals surface area contributed by atoms with Crippen LogP contribution in [0.1, 0.15) is 12.8 Å². The van der Waals surface area contributed by atoms with Crippen LogP contribution in [-0.2, 0) is 9.53 Å². The maximum atomic E-state index is 11.0. The van der Waals surface area contributed by atoms with Crippen molar-refractivity contribution in [2.24, 2.45) is 0 Å².